The van der Waals surface area contributed by atoms with Crippen molar-refractivity contribution in [2.45, 2.75) is 71.0 Å². The zero-order valence-corrected chi connectivity index (χ0v) is 30.4. The van der Waals surface area contributed by atoms with E-state index in [1.54, 1.807) is 0 Å². The number of alkyl carbamates (subject to hydrolysis) is 1. The van der Waals surface area contributed by atoms with Gasteiger partial charge in [0.05, 0.1) is 0 Å². The van der Waals surface area contributed by atoms with E-state index in [0.717, 1.165) is 38.6 Å². The quantitative estimate of drug-likeness (QED) is 0.0847. The Labute approximate surface area is 306 Å². The number of esters is 1. The second-order valence-corrected chi connectivity index (χ2v) is 14.2. The molecule has 3 amide bonds. The SMILES string of the molecule is C=CCOC(=O)[C@H](CC(C)C)NC(=O)[C@@H](Cc1ccc2ccccc2c1)NC(=O)[C@H](CC(C)C)NC(=O)OCC1c2ccccc2-c2ccccc21. The molecule has 0 heterocycles. The first kappa shape index (κ1) is 37.8. The summed E-state index contributed by atoms with van der Waals surface area (Å²) in [4.78, 5) is 54.2. The number of benzene rings is 4. The van der Waals surface area contributed by atoms with Gasteiger partial charge in [0.25, 0.3) is 0 Å². The van der Waals surface area contributed by atoms with Crippen molar-refractivity contribution in [1.29, 1.82) is 0 Å². The van der Waals surface area contributed by atoms with Crippen LogP contribution in [-0.4, -0.2) is 55.2 Å². The molecule has 0 aliphatic heterocycles. The van der Waals surface area contributed by atoms with Crippen LogP contribution in [0.1, 0.15) is 63.1 Å². The van der Waals surface area contributed by atoms with Crippen molar-refractivity contribution in [2.75, 3.05) is 13.2 Å². The molecule has 1 aliphatic rings. The van der Waals surface area contributed by atoms with Crippen molar-refractivity contribution < 1.29 is 28.7 Å². The standard InChI is InChI=1S/C43H49N3O6/c1-6-21-51-42(49)39(23-28(4)5)45-41(48)38(25-29-19-20-30-13-7-8-14-31(30)24-29)44-40(47)37(22-27(2)3)46-43(50)52-26-36-34-17-11-9-15-32(34)33-16-10-12-18-35(33)36/h6-20,24,27-28,36-39H,1,21-23,25-26H2,2-5H3,(H,44,47)(H,45,48)(H,46,50)/t37-,38+,39-/m0/s1. The Bertz CT molecular complexity index is 1860. The highest BCUT2D eigenvalue weighted by Gasteiger charge is 2.33. The lowest BCUT2D eigenvalue weighted by atomic mass is 9.98. The van der Waals surface area contributed by atoms with E-state index in [2.05, 4.69) is 34.7 Å². The second-order valence-electron chi connectivity index (χ2n) is 14.2. The monoisotopic (exact) mass is 703 g/mol. The number of fused-ring (bicyclic) bond motifs is 4. The average Bonchev–Trinajstić information content (AvgIpc) is 3.45. The Morgan fingerprint density at radius 3 is 1.87 bits per heavy atom. The van der Waals surface area contributed by atoms with Gasteiger partial charge >= 0.3 is 12.1 Å². The molecule has 272 valence electrons. The van der Waals surface area contributed by atoms with Crippen molar-refractivity contribution in [2.24, 2.45) is 11.8 Å². The minimum absolute atomic E-state index is 0.0129. The first-order valence-corrected chi connectivity index (χ1v) is 18.0. The van der Waals surface area contributed by atoms with Gasteiger partial charge < -0.3 is 25.4 Å². The van der Waals surface area contributed by atoms with Crippen LogP contribution >= 0.6 is 0 Å². The van der Waals surface area contributed by atoms with Gasteiger partial charge in [0.2, 0.25) is 11.8 Å². The Morgan fingerprint density at radius 2 is 1.23 bits per heavy atom. The van der Waals surface area contributed by atoms with E-state index in [4.69, 9.17) is 9.47 Å². The van der Waals surface area contributed by atoms with Gasteiger partial charge in [-0.25, -0.2) is 9.59 Å². The summed E-state index contributed by atoms with van der Waals surface area (Å²) in [7, 11) is 0. The number of nitrogens with one attached hydrogen (secondary N) is 3. The molecule has 5 rings (SSSR count). The zero-order valence-electron chi connectivity index (χ0n) is 30.4. The molecule has 0 fully saturated rings. The molecule has 1 aliphatic carbocycles. The van der Waals surface area contributed by atoms with Crippen LogP contribution in [0.3, 0.4) is 0 Å². The molecular formula is C43H49N3O6. The van der Waals surface area contributed by atoms with Crippen molar-refractivity contribution >= 4 is 34.6 Å². The maximum atomic E-state index is 14.0. The molecule has 3 N–H and O–H groups in total. The third-order valence-electron chi connectivity index (χ3n) is 9.20. The minimum Gasteiger partial charge on any atom is -0.460 e. The van der Waals surface area contributed by atoms with Crippen LogP contribution in [0.5, 0.6) is 0 Å². The van der Waals surface area contributed by atoms with E-state index >= 15 is 0 Å². The third-order valence-corrected chi connectivity index (χ3v) is 9.20. The summed E-state index contributed by atoms with van der Waals surface area (Å²) >= 11 is 0. The average molecular weight is 704 g/mol. The molecule has 0 spiro atoms. The molecule has 0 radical (unpaired) electrons. The molecule has 0 bridgehead atoms. The van der Waals surface area contributed by atoms with Crippen molar-refractivity contribution in [3.8, 4) is 11.1 Å². The highest BCUT2D eigenvalue weighted by molar-refractivity contribution is 5.93. The van der Waals surface area contributed by atoms with Crippen molar-refractivity contribution in [1.82, 2.24) is 16.0 Å². The fraction of sp³-hybridized carbons (Fsp3) is 0.349. The second kappa shape index (κ2) is 17.7. The molecule has 0 unspecified atom stereocenters. The molecule has 9 nitrogen and oxygen atoms in total. The number of amides is 3. The van der Waals surface area contributed by atoms with Crippen LogP contribution in [0.4, 0.5) is 4.79 Å². The summed E-state index contributed by atoms with van der Waals surface area (Å²) in [6.45, 7) is 11.5. The lowest BCUT2D eigenvalue weighted by Crippen LogP contribution is -2.57. The number of hydrogen-bond donors (Lipinski definition) is 3. The molecule has 4 aromatic carbocycles. The van der Waals surface area contributed by atoms with Crippen LogP contribution in [-0.2, 0) is 30.3 Å². The fourth-order valence-electron chi connectivity index (χ4n) is 6.77. The smallest absolute Gasteiger partial charge is 0.407 e. The summed E-state index contributed by atoms with van der Waals surface area (Å²) in [5.41, 5.74) is 5.21. The van der Waals surface area contributed by atoms with Gasteiger partial charge in [-0.05, 0) is 63.3 Å². The van der Waals surface area contributed by atoms with Gasteiger partial charge in [-0.15, -0.1) is 0 Å². The van der Waals surface area contributed by atoms with Gasteiger partial charge in [-0.3, -0.25) is 9.59 Å². The van der Waals surface area contributed by atoms with E-state index in [0.29, 0.717) is 12.8 Å². The summed E-state index contributed by atoms with van der Waals surface area (Å²) in [5.74, 6) is -1.67. The number of rotatable bonds is 16. The van der Waals surface area contributed by atoms with Gasteiger partial charge in [-0.1, -0.05) is 131 Å². The predicted molar refractivity (Wildman–Crippen MR) is 204 cm³/mol. The molecule has 3 atom stereocenters. The Kier molecular flexibility index (Phi) is 12.8. The van der Waals surface area contributed by atoms with Crippen molar-refractivity contribution in [3.05, 3.63) is 120 Å². The number of hydrogen-bond acceptors (Lipinski definition) is 6. The molecule has 0 saturated carbocycles. The highest BCUT2D eigenvalue weighted by atomic mass is 16.5. The first-order chi connectivity index (χ1) is 25.0. The van der Waals surface area contributed by atoms with Gasteiger partial charge in [-0.2, -0.15) is 0 Å². The minimum atomic E-state index is -1.06. The van der Waals surface area contributed by atoms with E-state index < -0.39 is 42.0 Å². The summed E-state index contributed by atoms with van der Waals surface area (Å²) in [5, 5.41) is 10.5. The van der Waals surface area contributed by atoms with E-state index in [1.807, 2.05) is 107 Å². The Balaban J connectivity index is 1.33. The molecule has 52 heavy (non-hydrogen) atoms. The number of carbonyl (C=O) groups excluding carboxylic acids is 4. The van der Waals surface area contributed by atoms with E-state index in [-0.39, 0.29) is 37.4 Å². The molecule has 0 saturated heterocycles. The molecule has 4 aromatic rings. The fourth-order valence-corrected chi connectivity index (χ4v) is 6.77. The molecule has 9 heteroatoms. The first-order valence-electron chi connectivity index (χ1n) is 18.0. The lowest BCUT2D eigenvalue weighted by Gasteiger charge is -2.26. The van der Waals surface area contributed by atoms with E-state index in [1.165, 1.54) is 6.08 Å². The third kappa shape index (κ3) is 9.66. The predicted octanol–water partition coefficient (Wildman–Crippen LogP) is 7.08. The van der Waals surface area contributed by atoms with Crippen LogP contribution in [0.2, 0.25) is 0 Å². The van der Waals surface area contributed by atoms with Crippen LogP contribution in [0, 0.1) is 11.8 Å². The number of carbonyl (C=O) groups is 4. The van der Waals surface area contributed by atoms with Crippen molar-refractivity contribution in [3.63, 3.8) is 0 Å². The normalized spacial score (nSPS) is 13.8. The Morgan fingerprint density at radius 1 is 0.673 bits per heavy atom. The topological polar surface area (TPSA) is 123 Å². The summed E-state index contributed by atoms with van der Waals surface area (Å²) in [6.07, 6.45) is 1.55. The maximum absolute atomic E-state index is 14.0. The van der Waals surface area contributed by atoms with Gasteiger partial charge in [0.15, 0.2) is 0 Å². The zero-order chi connectivity index (χ0) is 37.2. The highest BCUT2D eigenvalue weighted by Crippen LogP contribution is 2.44. The maximum Gasteiger partial charge on any atom is 0.407 e. The lowest BCUT2D eigenvalue weighted by molar-refractivity contribution is -0.147. The number of ether oxygens (including phenoxy) is 2. The summed E-state index contributed by atoms with van der Waals surface area (Å²) < 4.78 is 11.1. The Hall–Kier alpha value is -5.44. The molecule has 0 aromatic heterocycles. The molecular weight excluding hydrogens is 654 g/mol. The largest absolute Gasteiger partial charge is 0.460 e. The van der Waals surface area contributed by atoms with Crippen LogP contribution < -0.4 is 16.0 Å². The van der Waals surface area contributed by atoms with Gasteiger partial charge in [0.1, 0.15) is 31.3 Å². The van der Waals surface area contributed by atoms with Gasteiger partial charge in [0, 0.05) is 12.3 Å². The van der Waals surface area contributed by atoms with E-state index in [9.17, 15) is 19.2 Å². The van der Waals surface area contributed by atoms with Crippen LogP contribution in [0.15, 0.2) is 104 Å². The summed E-state index contributed by atoms with van der Waals surface area (Å²) in [6, 6.07) is 26.9. The van der Waals surface area contributed by atoms with Crippen LogP contribution in [0.25, 0.3) is 21.9 Å².